The minimum atomic E-state index is -0.929. The zero-order chi connectivity index (χ0) is 27.0. The maximum absolute atomic E-state index is 13.2. The second-order valence-corrected chi connectivity index (χ2v) is 11.6. The van der Waals surface area contributed by atoms with Gasteiger partial charge in [-0.1, -0.05) is 27.5 Å². The average Bonchev–Trinajstić information content (AvgIpc) is 3.16. The van der Waals surface area contributed by atoms with Crippen molar-refractivity contribution in [2.45, 2.75) is 71.6 Å². The molecule has 8 nitrogen and oxygen atoms in total. The van der Waals surface area contributed by atoms with Crippen molar-refractivity contribution in [3.8, 4) is 11.1 Å². The molecule has 2 heterocycles. The van der Waals surface area contributed by atoms with Crippen LogP contribution in [-0.2, 0) is 20.7 Å². The molecule has 194 valence electrons. The van der Waals surface area contributed by atoms with Crippen LogP contribution in [-0.4, -0.2) is 39.1 Å². The number of aryl methyl sites for hydroxylation is 1. The second kappa shape index (κ2) is 10.4. The lowest BCUT2D eigenvalue weighted by Gasteiger charge is -2.29. The van der Waals surface area contributed by atoms with Gasteiger partial charge in [-0.25, -0.2) is 9.59 Å². The zero-order valence-corrected chi connectivity index (χ0v) is 23.5. The molecular formula is C26H30BrClN2O6. The molecule has 3 rings (SSSR count). The first-order valence-electron chi connectivity index (χ1n) is 11.5. The average molecular weight is 582 g/mol. The van der Waals surface area contributed by atoms with Gasteiger partial charge in [0.05, 0.1) is 17.1 Å². The lowest BCUT2D eigenvalue weighted by atomic mass is 10.0. The molecule has 0 radical (unpaired) electrons. The van der Waals surface area contributed by atoms with Crippen LogP contribution < -0.4 is 10.5 Å². The third-order valence-corrected chi connectivity index (χ3v) is 6.09. The Balaban J connectivity index is 2.18. The number of anilines is 1. The molecule has 1 aliphatic heterocycles. The van der Waals surface area contributed by atoms with Crippen LogP contribution in [0.25, 0.3) is 11.1 Å². The number of imide groups is 1. The molecule has 1 aromatic heterocycles. The molecule has 2 aromatic rings. The molecule has 1 aliphatic rings. The van der Waals surface area contributed by atoms with Gasteiger partial charge in [-0.15, -0.1) is 0 Å². The van der Waals surface area contributed by atoms with Crippen molar-refractivity contribution >= 4 is 51.2 Å². The molecule has 0 N–H and O–H groups in total. The number of ether oxygens (including phenoxy) is 2. The van der Waals surface area contributed by atoms with Gasteiger partial charge in [0.25, 0.3) is 5.56 Å². The number of hydrogen-bond donors (Lipinski definition) is 0. The number of ketones is 1. The van der Waals surface area contributed by atoms with Gasteiger partial charge in [0, 0.05) is 22.3 Å². The number of nitrogens with zero attached hydrogens (tertiary/aromatic N) is 2. The molecule has 0 saturated heterocycles. The summed E-state index contributed by atoms with van der Waals surface area (Å²) >= 11 is 9.48. The number of amides is 2. The normalized spacial score (nSPS) is 15.3. The molecule has 36 heavy (non-hydrogen) atoms. The summed E-state index contributed by atoms with van der Waals surface area (Å²) < 4.78 is 12.5. The number of carbonyl (C=O) groups excluding carboxylic acids is 3. The van der Waals surface area contributed by atoms with Crippen molar-refractivity contribution < 1.29 is 23.9 Å². The molecule has 1 unspecified atom stereocenters. The number of rotatable bonds is 4. The second-order valence-electron chi connectivity index (χ2n) is 10.6. The minimum Gasteiger partial charge on any atom is -0.443 e. The van der Waals surface area contributed by atoms with Gasteiger partial charge in [0.2, 0.25) is 0 Å². The van der Waals surface area contributed by atoms with Crippen LogP contribution in [0, 0.1) is 0 Å². The van der Waals surface area contributed by atoms with Crippen LogP contribution in [0.3, 0.4) is 0 Å². The van der Waals surface area contributed by atoms with Crippen LogP contribution >= 0.6 is 27.5 Å². The highest BCUT2D eigenvalue weighted by molar-refractivity contribution is 9.09. The minimum absolute atomic E-state index is 0.0759. The van der Waals surface area contributed by atoms with Gasteiger partial charge in [-0.3, -0.25) is 9.59 Å². The standard InChI is InChI=1S/C26H30BrClN2O6/c1-25(2,3)35-23(33)30(24(34)36-26(4,5)6)19-9-7-16(28)13-18(19)15-11-17-8-10-20(21(31)14-27)29(17)22(32)12-15/h7,9,11-13,20H,8,10,14H2,1-6H3. The number of alkyl halides is 1. The number of fused-ring (bicyclic) bond motifs is 1. The highest BCUT2D eigenvalue weighted by atomic mass is 79.9. The highest BCUT2D eigenvalue weighted by Crippen LogP contribution is 2.37. The molecule has 10 heteroatoms. The number of aromatic nitrogens is 1. The number of hydrogen-bond acceptors (Lipinski definition) is 6. The molecule has 0 bridgehead atoms. The molecular weight excluding hydrogens is 552 g/mol. The van der Waals surface area contributed by atoms with E-state index in [0.29, 0.717) is 34.7 Å². The van der Waals surface area contributed by atoms with Crippen LogP contribution in [0.2, 0.25) is 5.02 Å². The Morgan fingerprint density at radius 1 is 1.03 bits per heavy atom. The van der Waals surface area contributed by atoms with Crippen LogP contribution in [0.15, 0.2) is 35.1 Å². The lowest BCUT2D eigenvalue weighted by Crippen LogP contribution is -2.44. The third kappa shape index (κ3) is 6.37. The zero-order valence-electron chi connectivity index (χ0n) is 21.2. The van der Waals surface area contributed by atoms with E-state index in [9.17, 15) is 19.2 Å². The Labute approximate surface area is 223 Å². The van der Waals surface area contributed by atoms with E-state index < -0.39 is 29.4 Å². The van der Waals surface area contributed by atoms with Gasteiger partial charge >= 0.3 is 12.2 Å². The summed E-state index contributed by atoms with van der Waals surface area (Å²) in [5.74, 6) is -0.0759. The Morgan fingerprint density at radius 2 is 1.61 bits per heavy atom. The highest BCUT2D eigenvalue weighted by Gasteiger charge is 2.35. The van der Waals surface area contributed by atoms with Crippen LogP contribution in [0.5, 0.6) is 0 Å². The molecule has 0 spiro atoms. The summed E-state index contributed by atoms with van der Waals surface area (Å²) in [7, 11) is 0. The summed E-state index contributed by atoms with van der Waals surface area (Å²) in [4.78, 5) is 52.7. The Morgan fingerprint density at radius 3 is 2.14 bits per heavy atom. The van der Waals surface area contributed by atoms with E-state index in [0.717, 1.165) is 4.90 Å². The molecule has 1 aromatic carbocycles. The van der Waals surface area contributed by atoms with Crippen molar-refractivity contribution in [3.05, 3.63) is 51.4 Å². The van der Waals surface area contributed by atoms with E-state index in [4.69, 9.17) is 21.1 Å². The molecule has 0 fully saturated rings. The number of halogens is 2. The number of carbonyl (C=O) groups is 3. The summed E-state index contributed by atoms with van der Waals surface area (Å²) in [6.07, 6.45) is -0.806. The largest absolute Gasteiger partial charge is 0.443 e. The summed E-state index contributed by atoms with van der Waals surface area (Å²) in [5, 5.41) is 0.500. The number of benzene rings is 1. The van der Waals surface area contributed by atoms with Crippen LogP contribution in [0.1, 0.15) is 59.7 Å². The molecule has 2 amide bonds. The quantitative estimate of drug-likeness (QED) is 0.394. The van der Waals surface area contributed by atoms with E-state index in [1.807, 2.05) is 0 Å². The van der Waals surface area contributed by atoms with Crippen LogP contribution in [0.4, 0.5) is 15.3 Å². The van der Waals surface area contributed by atoms with Gasteiger partial charge in [-0.05, 0) is 84.2 Å². The Hall–Kier alpha value is -2.65. The SMILES string of the molecule is CC(C)(C)OC(=O)N(C(=O)OC(C)(C)C)c1ccc(Cl)cc1-c1cc2n(c(=O)c1)C(C(=O)CBr)CC2. The molecule has 1 atom stereocenters. The van der Waals surface area contributed by atoms with Gasteiger partial charge < -0.3 is 14.0 Å². The maximum atomic E-state index is 13.2. The number of Topliss-reactive ketones (excluding diaryl/α,β-unsaturated/α-hetero) is 1. The smallest absolute Gasteiger partial charge is 0.424 e. The first kappa shape index (κ1) is 27.9. The maximum Gasteiger partial charge on any atom is 0.424 e. The fourth-order valence-corrected chi connectivity index (χ4v) is 4.51. The van der Waals surface area contributed by atoms with Crippen molar-refractivity contribution in [2.24, 2.45) is 0 Å². The Kier molecular flexibility index (Phi) is 8.05. The van der Waals surface area contributed by atoms with Gasteiger partial charge in [-0.2, -0.15) is 4.90 Å². The Bertz CT molecular complexity index is 1230. The fraction of sp³-hybridized carbons (Fsp3) is 0.462. The monoisotopic (exact) mass is 580 g/mol. The van der Waals surface area contributed by atoms with E-state index >= 15 is 0 Å². The predicted octanol–water partition coefficient (Wildman–Crippen LogP) is 6.30. The summed E-state index contributed by atoms with van der Waals surface area (Å²) in [6.45, 7) is 10.1. The molecule has 0 saturated carbocycles. The fourth-order valence-electron chi connectivity index (χ4n) is 3.97. The predicted molar refractivity (Wildman–Crippen MR) is 142 cm³/mol. The molecule has 0 aliphatic carbocycles. The third-order valence-electron chi connectivity index (χ3n) is 5.30. The van der Waals surface area contributed by atoms with Crippen molar-refractivity contribution in [1.29, 1.82) is 0 Å². The van der Waals surface area contributed by atoms with E-state index in [2.05, 4.69) is 15.9 Å². The summed E-state index contributed by atoms with van der Waals surface area (Å²) in [6, 6.07) is 7.24. The van der Waals surface area contributed by atoms with Crippen molar-refractivity contribution in [1.82, 2.24) is 4.57 Å². The first-order chi connectivity index (χ1) is 16.6. The topological polar surface area (TPSA) is 94.9 Å². The first-order valence-corrected chi connectivity index (χ1v) is 13.0. The summed E-state index contributed by atoms with van der Waals surface area (Å²) in [5.41, 5.74) is -0.461. The van der Waals surface area contributed by atoms with E-state index in [-0.39, 0.29) is 22.4 Å². The lowest BCUT2D eigenvalue weighted by molar-refractivity contribution is -0.119. The van der Waals surface area contributed by atoms with Gasteiger partial charge in [0.1, 0.15) is 11.2 Å². The van der Waals surface area contributed by atoms with Crippen molar-refractivity contribution in [3.63, 3.8) is 0 Å². The van der Waals surface area contributed by atoms with Gasteiger partial charge in [0.15, 0.2) is 5.78 Å². The van der Waals surface area contributed by atoms with E-state index in [1.165, 1.54) is 22.8 Å². The number of pyridine rings is 1. The van der Waals surface area contributed by atoms with E-state index in [1.54, 1.807) is 53.7 Å². The van der Waals surface area contributed by atoms with Crippen molar-refractivity contribution in [2.75, 3.05) is 10.2 Å².